The molecule has 1 saturated heterocycles. The fraction of sp³-hybridized carbons (Fsp3) is 0.722. The lowest BCUT2D eigenvalue weighted by Crippen LogP contribution is -2.48. The lowest BCUT2D eigenvalue weighted by Gasteiger charge is -2.31. The summed E-state index contributed by atoms with van der Waals surface area (Å²) in [4.78, 5) is 18.9. The van der Waals surface area contributed by atoms with Gasteiger partial charge in [0.1, 0.15) is 29.7 Å². The Morgan fingerprint density at radius 1 is 1.33 bits per heavy atom. The highest BCUT2D eigenvalue weighted by atomic mass is 35.5. The standard InChI is InChI=1S/C18H29ClN5O8P/c1-18(9-25,33(28,29)30)31-8-13-15(26)16(27)17(32-13)24-12-7-23(19)6-11(14(12)21-22-24)20-10-4-2-3-5-10/h6-7,10,13,15-17,20,22,25-27H,2-5,8-9H2,1H3,(H2,28,29,30)/t13-,15-,16-,17-,18?/m1/s1. The number of aliphatic hydroxyl groups excluding tert-OH is 3. The van der Waals surface area contributed by atoms with Crippen LogP contribution in [0.5, 0.6) is 0 Å². The molecule has 1 unspecified atom stereocenters. The topological polar surface area (TPSA) is 180 Å². The highest BCUT2D eigenvalue weighted by molar-refractivity contribution is 7.53. The van der Waals surface area contributed by atoms with Gasteiger partial charge < -0.3 is 39.9 Å². The zero-order valence-corrected chi connectivity index (χ0v) is 19.6. The van der Waals surface area contributed by atoms with E-state index in [4.69, 9.17) is 21.3 Å². The van der Waals surface area contributed by atoms with Crippen LogP contribution in [0.2, 0.25) is 0 Å². The van der Waals surface area contributed by atoms with Gasteiger partial charge in [0.05, 0.1) is 18.9 Å². The van der Waals surface area contributed by atoms with E-state index in [2.05, 4.69) is 16.0 Å². The fourth-order valence-electron chi connectivity index (χ4n) is 4.14. The molecule has 0 aromatic heterocycles. The molecule has 15 heteroatoms. The van der Waals surface area contributed by atoms with Crippen LogP contribution in [-0.4, -0.2) is 89.4 Å². The number of hydrazone groups is 1. The Kier molecular flexibility index (Phi) is 6.98. The molecule has 1 aliphatic carbocycles. The van der Waals surface area contributed by atoms with Crippen molar-refractivity contribution >= 4 is 25.1 Å². The Bertz CT molecular complexity index is 893. The molecule has 2 fully saturated rings. The first kappa shape index (κ1) is 24.7. The minimum absolute atomic E-state index is 0.309. The SMILES string of the molecule is CC(CO)(OC[C@H]1O[C@@H](N2NN=C3C(NC4CCCC4)=CN(Cl)C=C32)[C@H](O)[C@@H]1O)P(=O)(O)O. The van der Waals surface area contributed by atoms with E-state index in [0.717, 1.165) is 32.6 Å². The Hall–Kier alpha value is -1.41. The molecule has 5 atom stereocenters. The second-order valence-corrected chi connectivity index (χ2v) is 11.1. The van der Waals surface area contributed by atoms with Crippen LogP contribution in [-0.2, 0) is 14.0 Å². The van der Waals surface area contributed by atoms with Crippen LogP contribution >= 0.6 is 19.4 Å². The lowest BCUT2D eigenvalue weighted by molar-refractivity contribution is -0.121. The van der Waals surface area contributed by atoms with Crippen molar-refractivity contribution in [2.75, 3.05) is 13.2 Å². The van der Waals surface area contributed by atoms with Gasteiger partial charge in [0.25, 0.3) is 0 Å². The average molecular weight is 510 g/mol. The first-order valence-electron chi connectivity index (χ1n) is 10.6. The van der Waals surface area contributed by atoms with E-state index in [1.807, 2.05) is 0 Å². The normalized spacial score (nSPS) is 32.2. The van der Waals surface area contributed by atoms with Gasteiger partial charge in [-0.3, -0.25) is 8.98 Å². The molecule has 186 valence electrons. The van der Waals surface area contributed by atoms with Crippen molar-refractivity contribution in [2.45, 2.75) is 68.5 Å². The van der Waals surface area contributed by atoms with Gasteiger partial charge >= 0.3 is 7.60 Å². The zero-order chi connectivity index (χ0) is 24.0. The maximum absolute atomic E-state index is 11.6. The van der Waals surface area contributed by atoms with E-state index in [1.165, 1.54) is 9.43 Å². The lowest BCUT2D eigenvalue weighted by atomic mass is 10.1. The van der Waals surface area contributed by atoms with Crippen LogP contribution in [0.3, 0.4) is 0 Å². The molecular formula is C18H29ClN5O8P. The number of hydrogen-bond donors (Lipinski definition) is 7. The van der Waals surface area contributed by atoms with Gasteiger partial charge in [0.2, 0.25) is 0 Å². The minimum Gasteiger partial charge on any atom is -0.393 e. The predicted octanol–water partition coefficient (Wildman–Crippen LogP) is -0.803. The number of hydrogen-bond acceptors (Lipinski definition) is 11. The van der Waals surface area contributed by atoms with Gasteiger partial charge in [-0.05, 0) is 19.8 Å². The van der Waals surface area contributed by atoms with Crippen LogP contribution in [0.25, 0.3) is 0 Å². The number of halogens is 1. The third-order valence-electron chi connectivity index (χ3n) is 6.30. The summed E-state index contributed by atoms with van der Waals surface area (Å²) in [5.74, 6) is 0. The van der Waals surface area contributed by atoms with Gasteiger partial charge in [-0.1, -0.05) is 12.8 Å². The molecule has 3 heterocycles. The summed E-state index contributed by atoms with van der Waals surface area (Å²) in [6, 6.07) is 0.309. The molecule has 0 radical (unpaired) electrons. The maximum Gasteiger partial charge on any atom is 0.359 e. The first-order chi connectivity index (χ1) is 15.5. The molecule has 0 aromatic carbocycles. The average Bonchev–Trinajstić information content (AvgIpc) is 3.47. The summed E-state index contributed by atoms with van der Waals surface area (Å²) in [7, 11) is -4.82. The van der Waals surface area contributed by atoms with Gasteiger partial charge in [-0.15, -0.1) is 0 Å². The Morgan fingerprint density at radius 3 is 2.67 bits per heavy atom. The molecule has 3 aliphatic heterocycles. The molecule has 1 saturated carbocycles. The van der Waals surface area contributed by atoms with Crippen molar-refractivity contribution in [3.05, 3.63) is 23.8 Å². The summed E-state index contributed by atoms with van der Waals surface area (Å²) >= 11 is 6.25. The molecule has 4 aliphatic rings. The van der Waals surface area contributed by atoms with Crippen molar-refractivity contribution in [1.82, 2.24) is 20.3 Å². The molecule has 0 aromatic rings. The Morgan fingerprint density at radius 2 is 2.03 bits per heavy atom. The van der Waals surface area contributed by atoms with Crippen LogP contribution in [0.4, 0.5) is 0 Å². The van der Waals surface area contributed by atoms with E-state index in [0.29, 0.717) is 23.1 Å². The van der Waals surface area contributed by atoms with Crippen molar-refractivity contribution in [2.24, 2.45) is 5.10 Å². The van der Waals surface area contributed by atoms with E-state index in [1.54, 1.807) is 12.4 Å². The van der Waals surface area contributed by atoms with Crippen molar-refractivity contribution in [3.8, 4) is 0 Å². The Balaban J connectivity index is 1.44. The summed E-state index contributed by atoms with van der Waals surface area (Å²) in [6.45, 7) is -0.371. The van der Waals surface area contributed by atoms with Gasteiger partial charge in [0.15, 0.2) is 11.6 Å². The molecule has 13 nitrogen and oxygen atoms in total. The first-order valence-corrected chi connectivity index (χ1v) is 12.6. The van der Waals surface area contributed by atoms with Crippen LogP contribution in [0.1, 0.15) is 32.6 Å². The molecule has 0 spiro atoms. The summed E-state index contributed by atoms with van der Waals surface area (Å²) in [6.07, 6.45) is 2.59. The number of hydrazine groups is 1. The van der Waals surface area contributed by atoms with Gasteiger partial charge in [-0.2, -0.15) is 5.10 Å². The summed E-state index contributed by atoms with van der Waals surface area (Å²) in [5.41, 5.74) is 4.56. The quantitative estimate of drug-likeness (QED) is 0.160. The van der Waals surface area contributed by atoms with Crippen molar-refractivity contribution in [3.63, 3.8) is 0 Å². The second-order valence-electron chi connectivity index (χ2n) is 8.69. The Labute approximate surface area is 195 Å². The molecule has 4 rings (SSSR count). The number of aliphatic hydroxyl groups is 3. The summed E-state index contributed by atoms with van der Waals surface area (Å²) in [5, 5.41) is 37.5. The number of nitrogens with one attached hydrogen (secondary N) is 2. The highest BCUT2D eigenvalue weighted by Crippen LogP contribution is 2.51. The van der Waals surface area contributed by atoms with Crippen LogP contribution in [0.15, 0.2) is 28.9 Å². The monoisotopic (exact) mass is 509 g/mol. The van der Waals surface area contributed by atoms with Crippen molar-refractivity contribution < 1.29 is 39.1 Å². The summed E-state index contributed by atoms with van der Waals surface area (Å²) < 4.78 is 24.0. The van der Waals surface area contributed by atoms with Crippen LogP contribution < -0.4 is 10.9 Å². The maximum atomic E-state index is 11.6. The molecular weight excluding hydrogens is 481 g/mol. The van der Waals surface area contributed by atoms with E-state index in [9.17, 15) is 29.7 Å². The minimum atomic E-state index is -4.82. The largest absolute Gasteiger partial charge is 0.393 e. The van der Waals surface area contributed by atoms with E-state index < -0.39 is 50.7 Å². The predicted molar refractivity (Wildman–Crippen MR) is 116 cm³/mol. The fourth-order valence-corrected chi connectivity index (χ4v) is 4.76. The zero-order valence-electron chi connectivity index (χ0n) is 17.9. The molecule has 0 bridgehead atoms. The number of nitrogens with zero attached hydrogens (tertiary/aromatic N) is 3. The third kappa shape index (κ3) is 4.75. The molecule has 33 heavy (non-hydrogen) atoms. The highest BCUT2D eigenvalue weighted by Gasteiger charge is 2.51. The van der Waals surface area contributed by atoms with Gasteiger partial charge in [-0.25, -0.2) is 10.5 Å². The molecule has 0 amide bonds. The molecule has 7 N–H and O–H groups in total. The number of ether oxygens (including phenoxy) is 2. The van der Waals surface area contributed by atoms with E-state index >= 15 is 0 Å². The second kappa shape index (κ2) is 9.33. The number of rotatable bonds is 8. The van der Waals surface area contributed by atoms with E-state index in [-0.39, 0.29) is 0 Å². The van der Waals surface area contributed by atoms with Crippen LogP contribution in [0, 0.1) is 0 Å². The number of fused-ring (bicyclic) bond motifs is 1. The smallest absolute Gasteiger partial charge is 0.359 e. The third-order valence-corrected chi connectivity index (χ3v) is 8.00. The van der Waals surface area contributed by atoms with Crippen molar-refractivity contribution in [1.29, 1.82) is 0 Å². The van der Waals surface area contributed by atoms with Gasteiger partial charge in [0, 0.05) is 30.2 Å².